The molecular weight excluding hydrogens is 496 g/mol. The summed E-state index contributed by atoms with van der Waals surface area (Å²) in [6, 6.07) is 23.6. The zero-order valence-electron chi connectivity index (χ0n) is 21.3. The fourth-order valence-corrected chi connectivity index (χ4v) is 3.84. The van der Waals surface area contributed by atoms with Gasteiger partial charge in [0.05, 0.1) is 6.20 Å². The number of carbonyl (C=O) groups is 3. The van der Waals surface area contributed by atoms with Crippen LogP contribution in [0, 0.1) is 11.8 Å². The topological polar surface area (TPSA) is 123 Å². The summed E-state index contributed by atoms with van der Waals surface area (Å²) in [5.41, 5.74) is 3.31. The number of aliphatic carboxylic acids is 1. The van der Waals surface area contributed by atoms with Gasteiger partial charge in [-0.1, -0.05) is 78.7 Å². The zero-order chi connectivity index (χ0) is 27.8. The Hall–Kier alpha value is -5.36. The molecule has 0 fully saturated rings. The number of carbonyl (C=O) groups excluding carboxylic acids is 2. The number of rotatable bonds is 7. The van der Waals surface area contributed by atoms with Crippen molar-refractivity contribution in [3.05, 3.63) is 108 Å². The van der Waals surface area contributed by atoms with Crippen molar-refractivity contribution in [1.29, 1.82) is 0 Å². The van der Waals surface area contributed by atoms with E-state index in [0.717, 1.165) is 11.1 Å². The molecule has 0 radical (unpaired) electrons. The van der Waals surface area contributed by atoms with E-state index in [9.17, 15) is 19.5 Å². The molecule has 9 nitrogen and oxygen atoms in total. The summed E-state index contributed by atoms with van der Waals surface area (Å²) in [6.45, 7) is 1.79. The van der Waals surface area contributed by atoms with Crippen molar-refractivity contribution in [2.24, 2.45) is 7.05 Å². The number of hydrogen-bond acceptors (Lipinski definition) is 5. The minimum absolute atomic E-state index is 0.434. The third-order valence-electron chi connectivity index (χ3n) is 5.88. The van der Waals surface area contributed by atoms with Crippen LogP contribution in [0.25, 0.3) is 11.1 Å². The van der Waals surface area contributed by atoms with E-state index >= 15 is 0 Å². The van der Waals surface area contributed by atoms with Gasteiger partial charge >= 0.3 is 12.1 Å². The van der Waals surface area contributed by atoms with Crippen LogP contribution in [-0.4, -0.2) is 32.9 Å². The Bertz CT molecular complexity index is 1520. The van der Waals surface area contributed by atoms with Gasteiger partial charge in [0.2, 0.25) is 0 Å². The molecule has 0 spiro atoms. The predicted molar refractivity (Wildman–Crippen MR) is 145 cm³/mol. The maximum absolute atomic E-state index is 12.6. The molecule has 0 aliphatic carbocycles. The van der Waals surface area contributed by atoms with E-state index in [2.05, 4.69) is 27.6 Å². The van der Waals surface area contributed by atoms with Crippen molar-refractivity contribution in [2.75, 3.05) is 5.32 Å². The lowest BCUT2D eigenvalue weighted by Gasteiger charge is -2.15. The van der Waals surface area contributed by atoms with Gasteiger partial charge in [-0.05, 0) is 35.7 Å². The molecule has 0 unspecified atom stereocenters. The fraction of sp³-hybridized carbons (Fsp3) is 0.133. The number of nitrogens with zero attached hydrogens (tertiary/aromatic N) is 2. The minimum atomic E-state index is -1.20. The van der Waals surface area contributed by atoms with Crippen LogP contribution in [0.4, 0.5) is 10.6 Å². The minimum Gasteiger partial charge on any atom is -0.479 e. The molecule has 4 aromatic rings. The van der Waals surface area contributed by atoms with Crippen LogP contribution in [0.15, 0.2) is 91.1 Å². The van der Waals surface area contributed by atoms with E-state index in [1.807, 2.05) is 30.3 Å². The standard InChI is InChI=1S/C30H26N4O5/c1-20(22-9-5-3-6-10-22)39-30(38)33-28-25(19-31-34(28)2)23-16-13-21(14-17-23)15-18-26(35)32-27(29(36)37)24-11-7-4-8-12-24/h3-14,16-17,19-20,27H,1-2H3,(H,32,35)(H,33,38)(H,36,37)/t20-,27+/m1/s1. The Labute approximate surface area is 225 Å². The number of anilines is 1. The van der Waals surface area contributed by atoms with Crippen molar-refractivity contribution in [3.8, 4) is 23.0 Å². The van der Waals surface area contributed by atoms with Crippen molar-refractivity contribution in [3.63, 3.8) is 0 Å². The van der Waals surface area contributed by atoms with Crippen LogP contribution in [-0.2, 0) is 21.4 Å². The second kappa shape index (κ2) is 12.3. The number of carboxylic acids is 1. The molecule has 196 valence electrons. The molecule has 0 aliphatic rings. The first-order valence-corrected chi connectivity index (χ1v) is 12.1. The Morgan fingerprint density at radius 1 is 0.923 bits per heavy atom. The Morgan fingerprint density at radius 2 is 1.54 bits per heavy atom. The normalized spacial score (nSPS) is 11.8. The van der Waals surface area contributed by atoms with E-state index in [1.165, 1.54) is 4.68 Å². The van der Waals surface area contributed by atoms with E-state index in [1.54, 1.807) is 74.8 Å². The number of carboxylic acid groups (broad SMARTS) is 1. The van der Waals surface area contributed by atoms with Gasteiger partial charge in [-0.15, -0.1) is 0 Å². The van der Waals surface area contributed by atoms with E-state index in [-0.39, 0.29) is 0 Å². The second-order valence-corrected chi connectivity index (χ2v) is 8.60. The molecule has 0 aliphatic heterocycles. The summed E-state index contributed by atoms with van der Waals surface area (Å²) in [7, 11) is 1.71. The molecule has 2 atom stereocenters. The largest absolute Gasteiger partial charge is 0.479 e. The third-order valence-corrected chi connectivity index (χ3v) is 5.88. The molecule has 0 saturated carbocycles. The highest BCUT2D eigenvalue weighted by Crippen LogP contribution is 2.28. The molecule has 4 rings (SSSR count). The molecule has 0 saturated heterocycles. The van der Waals surface area contributed by atoms with Crippen LogP contribution in [0.1, 0.15) is 35.8 Å². The van der Waals surface area contributed by atoms with Crippen LogP contribution < -0.4 is 10.6 Å². The maximum Gasteiger partial charge on any atom is 0.413 e. The Morgan fingerprint density at radius 3 is 2.15 bits per heavy atom. The molecular formula is C30H26N4O5. The Balaban J connectivity index is 1.42. The highest BCUT2D eigenvalue weighted by Gasteiger charge is 2.21. The van der Waals surface area contributed by atoms with Gasteiger partial charge < -0.3 is 15.2 Å². The van der Waals surface area contributed by atoms with Crippen LogP contribution in [0.3, 0.4) is 0 Å². The van der Waals surface area contributed by atoms with Crippen molar-refractivity contribution in [2.45, 2.75) is 19.1 Å². The summed E-state index contributed by atoms with van der Waals surface area (Å²) >= 11 is 0. The first-order valence-electron chi connectivity index (χ1n) is 12.1. The third kappa shape index (κ3) is 6.90. The highest BCUT2D eigenvalue weighted by atomic mass is 16.6. The summed E-state index contributed by atoms with van der Waals surface area (Å²) in [4.78, 5) is 36.5. The molecule has 1 aromatic heterocycles. The van der Waals surface area contributed by atoms with Crippen molar-refractivity contribution < 1.29 is 24.2 Å². The second-order valence-electron chi connectivity index (χ2n) is 8.60. The average molecular weight is 523 g/mol. The van der Waals surface area contributed by atoms with Crippen molar-refractivity contribution in [1.82, 2.24) is 15.1 Å². The van der Waals surface area contributed by atoms with Gasteiger partial charge in [-0.2, -0.15) is 5.10 Å². The molecule has 3 aromatic carbocycles. The monoisotopic (exact) mass is 522 g/mol. The van der Waals surface area contributed by atoms with Gasteiger partial charge in [0.1, 0.15) is 11.9 Å². The average Bonchev–Trinajstić information content (AvgIpc) is 3.31. The van der Waals surface area contributed by atoms with E-state index in [0.29, 0.717) is 22.5 Å². The van der Waals surface area contributed by atoms with Crippen molar-refractivity contribution >= 4 is 23.8 Å². The number of ether oxygens (including phenoxy) is 1. The van der Waals surface area contributed by atoms with Crippen LogP contribution >= 0.6 is 0 Å². The number of aryl methyl sites for hydroxylation is 1. The number of hydrogen-bond donors (Lipinski definition) is 3. The first-order chi connectivity index (χ1) is 18.8. The first kappa shape index (κ1) is 26.7. The van der Waals surface area contributed by atoms with Gasteiger partial charge in [-0.3, -0.25) is 14.8 Å². The molecule has 3 N–H and O–H groups in total. The van der Waals surface area contributed by atoms with Gasteiger partial charge in [0.25, 0.3) is 5.91 Å². The molecule has 1 heterocycles. The number of nitrogens with one attached hydrogen (secondary N) is 2. The maximum atomic E-state index is 12.6. The lowest BCUT2D eigenvalue weighted by Crippen LogP contribution is -2.32. The number of benzene rings is 3. The lowest BCUT2D eigenvalue weighted by molar-refractivity contribution is -0.141. The summed E-state index contributed by atoms with van der Waals surface area (Å²) in [6.07, 6.45) is 0.580. The summed E-state index contributed by atoms with van der Waals surface area (Å²) in [5, 5.41) is 18.9. The SMILES string of the molecule is C[C@@H](OC(=O)Nc1c(-c2ccc(C#CC(=O)N[C@H](C(=O)O)c3ccccc3)cc2)cnn1C)c1ccccc1. The van der Waals surface area contributed by atoms with Crippen LogP contribution in [0.2, 0.25) is 0 Å². The number of amides is 2. The lowest BCUT2D eigenvalue weighted by atomic mass is 10.1. The van der Waals surface area contributed by atoms with Crippen LogP contribution in [0.5, 0.6) is 0 Å². The van der Waals surface area contributed by atoms with E-state index in [4.69, 9.17) is 4.74 Å². The summed E-state index contributed by atoms with van der Waals surface area (Å²) in [5.74, 6) is 3.74. The van der Waals surface area contributed by atoms with Gasteiger partial charge in [-0.25, -0.2) is 9.59 Å². The molecule has 9 heteroatoms. The number of aromatic nitrogens is 2. The quantitative estimate of drug-likeness (QED) is 0.303. The summed E-state index contributed by atoms with van der Waals surface area (Å²) < 4.78 is 7.05. The smallest absolute Gasteiger partial charge is 0.413 e. The van der Waals surface area contributed by atoms with Gasteiger partial charge in [0.15, 0.2) is 6.04 Å². The zero-order valence-corrected chi connectivity index (χ0v) is 21.3. The molecule has 39 heavy (non-hydrogen) atoms. The highest BCUT2D eigenvalue weighted by molar-refractivity contribution is 5.97. The molecule has 2 amide bonds. The van der Waals surface area contributed by atoms with E-state index < -0.39 is 30.1 Å². The fourth-order valence-electron chi connectivity index (χ4n) is 3.84. The van der Waals surface area contributed by atoms with Gasteiger partial charge in [0, 0.05) is 24.1 Å². The predicted octanol–water partition coefficient (Wildman–Crippen LogP) is 4.69. The Kier molecular flexibility index (Phi) is 8.39. The molecule has 0 bridgehead atoms.